The molecule has 0 saturated heterocycles. The lowest BCUT2D eigenvalue weighted by Gasteiger charge is -2.13. The quantitative estimate of drug-likeness (QED) is 0.636. The van der Waals surface area contributed by atoms with Gasteiger partial charge in [-0.2, -0.15) is 13.2 Å². The fraction of sp³-hybridized carbons (Fsp3) is 1.00. The number of unbranched alkanes of at least 4 members (excludes halogenated alkanes) is 2. The lowest BCUT2D eigenvalue weighted by molar-refractivity contribution is -0.205. The summed E-state index contributed by atoms with van der Waals surface area (Å²) in [7, 11) is 0. The average molecular weight is 185 g/mol. The maximum atomic E-state index is 11.7. The van der Waals surface area contributed by atoms with Crippen LogP contribution in [-0.4, -0.2) is 23.9 Å². The van der Waals surface area contributed by atoms with Gasteiger partial charge in [-0.15, -0.1) is 0 Å². The molecule has 12 heavy (non-hydrogen) atoms. The van der Waals surface area contributed by atoms with E-state index in [1.807, 2.05) is 0 Å². The third-order valence-electron chi connectivity index (χ3n) is 1.56. The predicted molar refractivity (Wildman–Crippen MR) is 39.6 cm³/mol. The molecule has 0 heterocycles. The number of aliphatic hydroxyl groups is 1. The summed E-state index contributed by atoms with van der Waals surface area (Å²) in [6, 6.07) is 0. The second-order valence-electron chi connectivity index (χ2n) is 2.70. The summed E-state index contributed by atoms with van der Waals surface area (Å²) >= 11 is 0. The van der Waals surface area contributed by atoms with Crippen molar-refractivity contribution in [3.05, 3.63) is 0 Å². The zero-order chi connectivity index (χ0) is 9.61. The Labute approximate surface area is 69.6 Å². The van der Waals surface area contributed by atoms with Crippen LogP contribution in [0.25, 0.3) is 0 Å². The van der Waals surface area contributed by atoms with Gasteiger partial charge in [0.1, 0.15) is 6.10 Å². The van der Waals surface area contributed by atoms with E-state index in [0.29, 0.717) is 25.8 Å². The highest BCUT2D eigenvalue weighted by Crippen LogP contribution is 2.23. The summed E-state index contributed by atoms with van der Waals surface area (Å²) in [5.74, 6) is 0. The standard InChI is InChI=1S/C7H14F3NO/c8-7(9,10)6(12)4-2-1-3-5-11/h6,12H,1-5,11H2/t6-/m0/s1. The van der Waals surface area contributed by atoms with Crippen LogP contribution < -0.4 is 5.73 Å². The second-order valence-corrected chi connectivity index (χ2v) is 2.70. The fourth-order valence-electron chi connectivity index (χ4n) is 0.822. The minimum absolute atomic E-state index is 0.219. The molecular weight excluding hydrogens is 171 g/mol. The van der Waals surface area contributed by atoms with E-state index in [9.17, 15) is 13.2 Å². The Bertz CT molecular complexity index is 116. The Morgan fingerprint density at radius 3 is 2.17 bits per heavy atom. The molecule has 0 amide bonds. The number of halogens is 3. The lowest BCUT2D eigenvalue weighted by Crippen LogP contribution is -2.28. The van der Waals surface area contributed by atoms with Crippen molar-refractivity contribution in [1.82, 2.24) is 0 Å². The minimum atomic E-state index is -4.47. The molecule has 3 N–H and O–H groups in total. The second kappa shape index (κ2) is 5.37. The zero-order valence-corrected chi connectivity index (χ0v) is 6.77. The number of hydrogen-bond acceptors (Lipinski definition) is 2. The van der Waals surface area contributed by atoms with Crippen LogP contribution in [0.4, 0.5) is 13.2 Å². The van der Waals surface area contributed by atoms with Crippen LogP contribution in [0.3, 0.4) is 0 Å². The van der Waals surface area contributed by atoms with Crippen LogP contribution in [0.2, 0.25) is 0 Å². The largest absolute Gasteiger partial charge is 0.414 e. The summed E-state index contributed by atoms with van der Waals surface area (Å²) in [5, 5.41) is 8.53. The molecule has 0 spiro atoms. The summed E-state index contributed by atoms with van der Waals surface area (Å²) in [6.45, 7) is 0.488. The maximum Gasteiger partial charge on any atom is 0.414 e. The predicted octanol–water partition coefficient (Wildman–Crippen LogP) is 1.43. The molecule has 0 aliphatic carbocycles. The fourth-order valence-corrected chi connectivity index (χ4v) is 0.822. The molecule has 0 aliphatic rings. The van der Waals surface area contributed by atoms with Crippen molar-refractivity contribution >= 4 is 0 Å². The highest BCUT2D eigenvalue weighted by Gasteiger charge is 2.37. The number of hydrogen-bond donors (Lipinski definition) is 2. The van der Waals surface area contributed by atoms with Crippen molar-refractivity contribution in [3.63, 3.8) is 0 Å². The van der Waals surface area contributed by atoms with E-state index < -0.39 is 12.3 Å². The smallest absolute Gasteiger partial charge is 0.384 e. The third kappa shape index (κ3) is 5.37. The van der Waals surface area contributed by atoms with Gasteiger partial charge in [-0.3, -0.25) is 0 Å². The van der Waals surface area contributed by atoms with Gasteiger partial charge in [-0.1, -0.05) is 12.8 Å². The molecule has 74 valence electrons. The molecule has 0 saturated carbocycles. The topological polar surface area (TPSA) is 46.2 Å². The van der Waals surface area contributed by atoms with Crippen LogP contribution in [0, 0.1) is 0 Å². The normalized spacial score (nSPS) is 14.8. The molecule has 5 heteroatoms. The van der Waals surface area contributed by atoms with E-state index in [4.69, 9.17) is 10.8 Å². The van der Waals surface area contributed by atoms with Gasteiger partial charge in [0.15, 0.2) is 0 Å². The lowest BCUT2D eigenvalue weighted by atomic mass is 10.1. The van der Waals surface area contributed by atoms with Crippen LogP contribution >= 0.6 is 0 Å². The van der Waals surface area contributed by atoms with E-state index >= 15 is 0 Å². The monoisotopic (exact) mass is 185 g/mol. The summed E-state index contributed by atoms with van der Waals surface area (Å²) in [4.78, 5) is 0. The Morgan fingerprint density at radius 1 is 1.17 bits per heavy atom. The van der Waals surface area contributed by atoms with Crippen molar-refractivity contribution in [2.75, 3.05) is 6.54 Å². The maximum absolute atomic E-state index is 11.7. The molecule has 0 bridgehead atoms. The van der Waals surface area contributed by atoms with Gasteiger partial charge in [0.2, 0.25) is 0 Å². The molecule has 0 aliphatic heterocycles. The Hall–Kier alpha value is -0.290. The highest BCUT2D eigenvalue weighted by atomic mass is 19.4. The molecule has 0 aromatic heterocycles. The van der Waals surface area contributed by atoms with Crippen LogP contribution in [0.15, 0.2) is 0 Å². The van der Waals surface area contributed by atoms with Crippen molar-refractivity contribution in [3.8, 4) is 0 Å². The van der Waals surface area contributed by atoms with Crippen LogP contribution in [-0.2, 0) is 0 Å². The molecule has 0 radical (unpaired) electrons. The van der Waals surface area contributed by atoms with Crippen molar-refractivity contribution in [2.24, 2.45) is 5.73 Å². The van der Waals surface area contributed by atoms with E-state index in [1.54, 1.807) is 0 Å². The molecule has 0 fully saturated rings. The van der Waals surface area contributed by atoms with E-state index in [1.165, 1.54) is 0 Å². The molecular formula is C7H14F3NO. The molecule has 1 atom stereocenters. The summed E-state index contributed by atoms with van der Waals surface area (Å²) in [6.07, 6.45) is -5.13. The first kappa shape index (κ1) is 11.7. The molecule has 0 aromatic carbocycles. The Morgan fingerprint density at radius 2 is 1.75 bits per heavy atom. The molecule has 0 rings (SSSR count). The van der Waals surface area contributed by atoms with Crippen LogP contribution in [0.1, 0.15) is 25.7 Å². The van der Waals surface area contributed by atoms with Crippen molar-refractivity contribution in [2.45, 2.75) is 38.0 Å². The minimum Gasteiger partial charge on any atom is -0.384 e. The van der Waals surface area contributed by atoms with Gasteiger partial charge in [-0.05, 0) is 19.4 Å². The number of alkyl halides is 3. The first-order chi connectivity index (χ1) is 5.48. The number of nitrogens with two attached hydrogens (primary N) is 1. The number of rotatable bonds is 5. The first-order valence-electron chi connectivity index (χ1n) is 3.93. The van der Waals surface area contributed by atoms with Gasteiger partial charge < -0.3 is 10.8 Å². The van der Waals surface area contributed by atoms with Gasteiger partial charge in [0.25, 0.3) is 0 Å². The van der Waals surface area contributed by atoms with E-state index in [-0.39, 0.29) is 6.42 Å². The Kier molecular flexibility index (Phi) is 5.24. The molecule has 0 unspecified atom stereocenters. The Balaban J connectivity index is 3.38. The van der Waals surface area contributed by atoms with Crippen molar-refractivity contribution < 1.29 is 18.3 Å². The van der Waals surface area contributed by atoms with Gasteiger partial charge in [-0.25, -0.2) is 0 Å². The molecule has 0 aromatic rings. The SMILES string of the molecule is NCCCCC[C@H](O)C(F)(F)F. The zero-order valence-electron chi connectivity index (χ0n) is 6.77. The van der Waals surface area contributed by atoms with E-state index in [2.05, 4.69) is 0 Å². The van der Waals surface area contributed by atoms with Gasteiger partial charge >= 0.3 is 6.18 Å². The first-order valence-corrected chi connectivity index (χ1v) is 3.93. The highest BCUT2D eigenvalue weighted by molar-refractivity contribution is 4.64. The van der Waals surface area contributed by atoms with E-state index in [0.717, 1.165) is 0 Å². The summed E-state index contributed by atoms with van der Waals surface area (Å²) in [5.41, 5.74) is 5.15. The van der Waals surface area contributed by atoms with Crippen molar-refractivity contribution in [1.29, 1.82) is 0 Å². The van der Waals surface area contributed by atoms with Gasteiger partial charge in [0, 0.05) is 0 Å². The third-order valence-corrected chi connectivity index (χ3v) is 1.56. The molecule has 2 nitrogen and oxygen atoms in total. The average Bonchev–Trinajstić information content (AvgIpc) is 1.96. The summed E-state index contributed by atoms with van der Waals surface area (Å²) < 4.78 is 35.1. The van der Waals surface area contributed by atoms with Gasteiger partial charge in [0.05, 0.1) is 0 Å². The van der Waals surface area contributed by atoms with Crippen LogP contribution in [0.5, 0.6) is 0 Å². The number of aliphatic hydroxyl groups excluding tert-OH is 1.